The van der Waals surface area contributed by atoms with E-state index in [0.29, 0.717) is 18.1 Å². The van der Waals surface area contributed by atoms with E-state index in [1.54, 1.807) is 23.1 Å². The highest BCUT2D eigenvalue weighted by Crippen LogP contribution is 2.27. The predicted molar refractivity (Wildman–Crippen MR) is 94.9 cm³/mol. The number of halogens is 1. The molecule has 3 rings (SSSR count). The van der Waals surface area contributed by atoms with Crippen LogP contribution >= 0.6 is 11.6 Å². The highest BCUT2D eigenvalue weighted by Gasteiger charge is 2.35. The number of carbonyl (C=O) groups excluding carboxylic acids is 2. The molecule has 5 heteroatoms. The van der Waals surface area contributed by atoms with Crippen LogP contribution in [0.25, 0.3) is 0 Å². The lowest BCUT2D eigenvalue weighted by molar-refractivity contribution is -0.126. The first-order valence-electron chi connectivity index (χ1n) is 7.93. The summed E-state index contributed by atoms with van der Waals surface area (Å²) < 4.78 is 0. The quantitative estimate of drug-likeness (QED) is 0.926. The second-order valence-electron chi connectivity index (χ2n) is 6.03. The zero-order chi connectivity index (χ0) is 17.1. The van der Waals surface area contributed by atoms with E-state index < -0.39 is 0 Å². The summed E-state index contributed by atoms with van der Waals surface area (Å²) >= 11 is 5.99. The Balaban J connectivity index is 1.63. The second-order valence-corrected chi connectivity index (χ2v) is 6.47. The van der Waals surface area contributed by atoms with Gasteiger partial charge in [-0.2, -0.15) is 0 Å². The fourth-order valence-electron chi connectivity index (χ4n) is 2.91. The summed E-state index contributed by atoms with van der Waals surface area (Å²) in [6, 6.07) is 15.1. The van der Waals surface area contributed by atoms with Gasteiger partial charge in [-0.05, 0) is 36.2 Å². The molecular weight excluding hydrogens is 324 g/mol. The summed E-state index contributed by atoms with van der Waals surface area (Å²) in [5, 5.41) is 3.52. The molecule has 1 fully saturated rings. The van der Waals surface area contributed by atoms with Gasteiger partial charge in [0.25, 0.3) is 0 Å². The van der Waals surface area contributed by atoms with Crippen molar-refractivity contribution in [3.05, 3.63) is 64.7 Å². The maximum absolute atomic E-state index is 12.4. The molecule has 1 unspecified atom stereocenters. The SMILES string of the molecule is Cc1ccccc1CNC(=O)C1CC(=O)N(c2cccc(Cl)c2)C1. The molecule has 2 aromatic rings. The van der Waals surface area contributed by atoms with Crippen LogP contribution in [0.15, 0.2) is 48.5 Å². The van der Waals surface area contributed by atoms with Gasteiger partial charge in [0, 0.05) is 30.2 Å². The van der Waals surface area contributed by atoms with Gasteiger partial charge in [0.15, 0.2) is 0 Å². The fourth-order valence-corrected chi connectivity index (χ4v) is 3.10. The Morgan fingerprint density at radius 3 is 2.79 bits per heavy atom. The molecule has 2 aromatic carbocycles. The van der Waals surface area contributed by atoms with E-state index in [4.69, 9.17) is 11.6 Å². The van der Waals surface area contributed by atoms with Crippen molar-refractivity contribution in [2.75, 3.05) is 11.4 Å². The number of anilines is 1. The van der Waals surface area contributed by atoms with Crippen molar-refractivity contribution in [3.63, 3.8) is 0 Å². The van der Waals surface area contributed by atoms with Crippen LogP contribution in [0.5, 0.6) is 0 Å². The Hall–Kier alpha value is -2.33. The zero-order valence-electron chi connectivity index (χ0n) is 13.5. The van der Waals surface area contributed by atoms with E-state index in [1.165, 1.54) is 0 Å². The third-order valence-corrected chi connectivity index (χ3v) is 4.57. The number of amides is 2. The maximum Gasteiger partial charge on any atom is 0.227 e. The van der Waals surface area contributed by atoms with Gasteiger partial charge in [-0.1, -0.05) is 41.9 Å². The Morgan fingerprint density at radius 1 is 1.25 bits per heavy atom. The molecule has 1 aliphatic rings. The molecule has 1 atom stereocenters. The van der Waals surface area contributed by atoms with Gasteiger partial charge in [-0.3, -0.25) is 9.59 Å². The predicted octanol–water partition coefficient (Wildman–Crippen LogP) is 3.32. The van der Waals surface area contributed by atoms with Crippen molar-refractivity contribution in [1.29, 1.82) is 0 Å². The first-order chi connectivity index (χ1) is 11.5. The molecular formula is C19H19ClN2O2. The van der Waals surface area contributed by atoms with Gasteiger partial charge >= 0.3 is 0 Å². The summed E-state index contributed by atoms with van der Waals surface area (Å²) in [7, 11) is 0. The van der Waals surface area contributed by atoms with Crippen LogP contribution in [-0.2, 0) is 16.1 Å². The Morgan fingerprint density at radius 2 is 2.04 bits per heavy atom. The number of nitrogens with zero attached hydrogens (tertiary/aromatic N) is 1. The minimum atomic E-state index is -0.333. The number of aryl methyl sites for hydroxylation is 1. The molecule has 0 bridgehead atoms. The minimum absolute atomic E-state index is 0.0479. The second kappa shape index (κ2) is 7.05. The first-order valence-corrected chi connectivity index (χ1v) is 8.30. The lowest BCUT2D eigenvalue weighted by atomic mass is 10.1. The van der Waals surface area contributed by atoms with Crippen LogP contribution in [0.3, 0.4) is 0 Å². The molecule has 0 spiro atoms. The Bertz CT molecular complexity index is 775. The van der Waals surface area contributed by atoms with Gasteiger partial charge in [0.05, 0.1) is 5.92 Å². The highest BCUT2D eigenvalue weighted by atomic mass is 35.5. The summed E-state index contributed by atoms with van der Waals surface area (Å²) in [6.45, 7) is 2.88. The van der Waals surface area contributed by atoms with E-state index >= 15 is 0 Å². The topological polar surface area (TPSA) is 49.4 Å². The van der Waals surface area contributed by atoms with Crippen molar-refractivity contribution in [2.45, 2.75) is 19.9 Å². The van der Waals surface area contributed by atoms with Gasteiger partial charge < -0.3 is 10.2 Å². The smallest absolute Gasteiger partial charge is 0.227 e. The van der Waals surface area contributed by atoms with Crippen LogP contribution in [-0.4, -0.2) is 18.4 Å². The summed E-state index contributed by atoms with van der Waals surface area (Å²) in [4.78, 5) is 26.3. The number of benzene rings is 2. The lowest BCUT2D eigenvalue weighted by Gasteiger charge is -2.17. The average Bonchev–Trinajstić information content (AvgIpc) is 2.96. The van der Waals surface area contributed by atoms with E-state index in [-0.39, 0.29) is 24.2 Å². The van der Waals surface area contributed by atoms with Crippen LogP contribution in [0, 0.1) is 12.8 Å². The van der Waals surface area contributed by atoms with Crippen molar-refractivity contribution in [2.24, 2.45) is 5.92 Å². The van der Waals surface area contributed by atoms with Crippen molar-refractivity contribution in [3.8, 4) is 0 Å². The average molecular weight is 343 g/mol. The van der Waals surface area contributed by atoms with E-state index in [2.05, 4.69) is 5.32 Å². The van der Waals surface area contributed by atoms with E-state index in [0.717, 1.165) is 16.8 Å². The number of rotatable bonds is 4. The first kappa shape index (κ1) is 16.5. The summed E-state index contributed by atoms with van der Waals surface area (Å²) in [6.07, 6.45) is 0.228. The molecule has 1 aliphatic heterocycles. The maximum atomic E-state index is 12.4. The molecule has 124 valence electrons. The molecule has 0 aliphatic carbocycles. The molecule has 1 saturated heterocycles. The highest BCUT2D eigenvalue weighted by molar-refractivity contribution is 6.30. The van der Waals surface area contributed by atoms with Crippen LogP contribution in [0.4, 0.5) is 5.69 Å². The number of carbonyl (C=O) groups is 2. The summed E-state index contributed by atoms with van der Waals surface area (Å²) in [5.74, 6) is -0.468. The van der Waals surface area contributed by atoms with Gasteiger partial charge in [0.2, 0.25) is 11.8 Å². The van der Waals surface area contributed by atoms with Crippen molar-refractivity contribution in [1.82, 2.24) is 5.32 Å². The van der Waals surface area contributed by atoms with Gasteiger partial charge in [-0.15, -0.1) is 0 Å². The Labute approximate surface area is 146 Å². The number of hydrogen-bond acceptors (Lipinski definition) is 2. The van der Waals surface area contributed by atoms with Gasteiger partial charge in [-0.25, -0.2) is 0 Å². The minimum Gasteiger partial charge on any atom is -0.352 e. The lowest BCUT2D eigenvalue weighted by Crippen LogP contribution is -2.32. The molecule has 2 amide bonds. The van der Waals surface area contributed by atoms with Crippen LogP contribution in [0.2, 0.25) is 5.02 Å². The van der Waals surface area contributed by atoms with Crippen LogP contribution in [0.1, 0.15) is 17.5 Å². The largest absolute Gasteiger partial charge is 0.352 e. The standard InChI is InChI=1S/C19H19ClN2O2/c1-13-5-2-3-6-14(13)11-21-19(24)15-9-18(23)22(12-15)17-8-4-7-16(20)10-17/h2-8,10,15H,9,11-12H2,1H3,(H,21,24). The molecule has 1 N–H and O–H groups in total. The third-order valence-electron chi connectivity index (χ3n) is 4.33. The molecule has 0 radical (unpaired) electrons. The normalized spacial score (nSPS) is 17.2. The Kier molecular flexibility index (Phi) is 4.86. The number of nitrogens with one attached hydrogen (secondary N) is 1. The fraction of sp³-hybridized carbons (Fsp3) is 0.263. The molecule has 24 heavy (non-hydrogen) atoms. The molecule has 0 saturated carbocycles. The molecule has 1 heterocycles. The van der Waals surface area contributed by atoms with Crippen LogP contribution < -0.4 is 10.2 Å². The third kappa shape index (κ3) is 3.60. The van der Waals surface area contributed by atoms with E-state index in [9.17, 15) is 9.59 Å². The monoisotopic (exact) mass is 342 g/mol. The number of hydrogen-bond donors (Lipinski definition) is 1. The molecule has 0 aromatic heterocycles. The van der Waals surface area contributed by atoms with Gasteiger partial charge in [0.1, 0.15) is 0 Å². The summed E-state index contributed by atoms with van der Waals surface area (Å²) in [5.41, 5.74) is 2.96. The van der Waals surface area contributed by atoms with E-state index in [1.807, 2.05) is 37.3 Å². The van der Waals surface area contributed by atoms with Crippen molar-refractivity contribution < 1.29 is 9.59 Å². The zero-order valence-corrected chi connectivity index (χ0v) is 14.2. The van der Waals surface area contributed by atoms with Crippen molar-refractivity contribution >= 4 is 29.1 Å². The molecule has 4 nitrogen and oxygen atoms in total.